The molecule has 0 aliphatic heterocycles. The van der Waals surface area contributed by atoms with Crippen LogP contribution in [0.3, 0.4) is 0 Å². The molecule has 0 saturated heterocycles. The molecule has 0 aromatic carbocycles. The zero-order valence-corrected chi connectivity index (χ0v) is 8.59. The Morgan fingerprint density at radius 3 is 1.45 bits per heavy atom. The van der Waals surface area contributed by atoms with Gasteiger partial charge < -0.3 is 16.0 Å². The minimum atomic E-state index is 0.333. The normalized spacial score (nSPS) is 10.9. The van der Waals surface area contributed by atoms with Gasteiger partial charge in [-0.25, -0.2) is 0 Å². The fourth-order valence-electron chi connectivity index (χ4n) is 0.387. The molecular formula is C8H24N3+. The van der Waals surface area contributed by atoms with E-state index in [1.807, 2.05) is 13.8 Å². The van der Waals surface area contributed by atoms with Crippen LogP contribution in [0.4, 0.5) is 0 Å². The first-order chi connectivity index (χ1) is 4.79. The number of hydrogen-bond acceptors (Lipinski definition) is 2. The van der Waals surface area contributed by atoms with Gasteiger partial charge in [-0.15, -0.1) is 0 Å². The molecule has 3 nitrogen and oxygen atoms in total. The first kappa shape index (κ1) is 13.5. The molecule has 0 aliphatic rings. The molecule has 0 bridgehead atoms. The maximum absolute atomic E-state index is 5.30. The molecular weight excluding hydrogens is 138 g/mol. The highest BCUT2D eigenvalue weighted by molar-refractivity contribution is 4.32. The van der Waals surface area contributed by atoms with Gasteiger partial charge in [0.15, 0.2) is 0 Å². The van der Waals surface area contributed by atoms with Crippen LogP contribution in [0.1, 0.15) is 13.8 Å². The summed E-state index contributed by atoms with van der Waals surface area (Å²) >= 11 is 0. The van der Waals surface area contributed by atoms with Crippen LogP contribution >= 0.6 is 0 Å². The fourth-order valence-corrected chi connectivity index (χ4v) is 0.387. The van der Waals surface area contributed by atoms with Crippen LogP contribution < -0.4 is 11.5 Å². The van der Waals surface area contributed by atoms with E-state index in [0.29, 0.717) is 6.04 Å². The lowest BCUT2D eigenvalue weighted by molar-refractivity contribution is -0.868. The van der Waals surface area contributed by atoms with Gasteiger partial charge in [0, 0.05) is 6.54 Å². The van der Waals surface area contributed by atoms with E-state index in [9.17, 15) is 0 Å². The maximum atomic E-state index is 5.30. The maximum Gasteiger partial charge on any atom is 0.0905 e. The van der Waals surface area contributed by atoms with Gasteiger partial charge in [-0.05, 0) is 6.04 Å². The number of likely N-dealkylation sites (N-methyl/N-ethyl adjacent to an activating group) is 1. The van der Waals surface area contributed by atoms with Crippen molar-refractivity contribution in [3.63, 3.8) is 0 Å². The van der Waals surface area contributed by atoms with E-state index in [1.165, 1.54) is 0 Å². The van der Waals surface area contributed by atoms with Crippen LogP contribution in [0, 0.1) is 0 Å². The average Bonchev–Trinajstić information content (AvgIpc) is 1.58. The summed E-state index contributed by atoms with van der Waals surface area (Å²) in [5.74, 6) is 0. The minimum Gasteiger partial charge on any atom is -0.330 e. The molecule has 0 saturated carbocycles. The summed E-state index contributed by atoms with van der Waals surface area (Å²) in [6, 6.07) is 0.333. The fraction of sp³-hybridized carbons (Fsp3) is 1.00. The van der Waals surface area contributed by atoms with Crippen molar-refractivity contribution in [1.82, 2.24) is 0 Å². The lowest BCUT2D eigenvalue weighted by Crippen LogP contribution is -2.38. The van der Waals surface area contributed by atoms with E-state index in [2.05, 4.69) is 21.1 Å². The number of nitrogens with two attached hydrogens (primary N) is 2. The Balaban J connectivity index is 0. The summed E-state index contributed by atoms with van der Waals surface area (Å²) in [7, 11) is 6.40. The summed E-state index contributed by atoms with van der Waals surface area (Å²) in [5, 5.41) is 0. The highest BCUT2D eigenvalue weighted by Gasteiger charge is 2.01. The second-order valence-corrected chi connectivity index (χ2v) is 4.05. The second-order valence-electron chi connectivity index (χ2n) is 4.05. The Labute approximate surface area is 70.9 Å². The van der Waals surface area contributed by atoms with Crippen LogP contribution in [-0.4, -0.2) is 44.8 Å². The van der Waals surface area contributed by atoms with Crippen LogP contribution in [0.25, 0.3) is 0 Å². The number of nitrogens with zero attached hydrogens (tertiary/aromatic N) is 1. The van der Waals surface area contributed by atoms with E-state index in [0.717, 1.165) is 17.6 Å². The standard InChI is InChI=1S/C5H15N2.C3H9N/c1-7(2,3)5-4-6;1-3(2)4/h4-6H2,1-3H3;3H,4H2,1-2H3/q+1;. The van der Waals surface area contributed by atoms with E-state index in [4.69, 9.17) is 11.5 Å². The van der Waals surface area contributed by atoms with Crippen LogP contribution in [0.5, 0.6) is 0 Å². The molecule has 0 unspecified atom stereocenters. The lowest BCUT2D eigenvalue weighted by Gasteiger charge is -2.22. The average molecular weight is 162 g/mol. The third kappa shape index (κ3) is 40.8. The van der Waals surface area contributed by atoms with Crippen molar-refractivity contribution < 1.29 is 4.48 Å². The van der Waals surface area contributed by atoms with E-state index in [-0.39, 0.29) is 0 Å². The molecule has 0 aliphatic carbocycles. The zero-order chi connectivity index (χ0) is 9.49. The van der Waals surface area contributed by atoms with Crippen molar-refractivity contribution in [2.75, 3.05) is 34.2 Å². The quantitative estimate of drug-likeness (QED) is 0.562. The Bertz CT molecular complexity index is 71.1. The van der Waals surface area contributed by atoms with Gasteiger partial charge in [0.25, 0.3) is 0 Å². The van der Waals surface area contributed by atoms with Gasteiger partial charge in [-0.2, -0.15) is 0 Å². The predicted molar refractivity (Wildman–Crippen MR) is 51.3 cm³/mol. The molecule has 0 rings (SSSR count). The van der Waals surface area contributed by atoms with Gasteiger partial charge in [-0.1, -0.05) is 13.8 Å². The molecule has 0 aromatic rings. The van der Waals surface area contributed by atoms with E-state index < -0.39 is 0 Å². The summed E-state index contributed by atoms with van der Waals surface area (Å²) in [5.41, 5.74) is 10.4. The smallest absolute Gasteiger partial charge is 0.0905 e. The molecule has 0 aromatic heterocycles. The summed E-state index contributed by atoms with van der Waals surface area (Å²) in [6.45, 7) is 5.73. The summed E-state index contributed by atoms with van der Waals surface area (Å²) in [4.78, 5) is 0. The molecule has 3 heteroatoms. The molecule has 0 heterocycles. The molecule has 0 amide bonds. The zero-order valence-electron chi connectivity index (χ0n) is 8.59. The van der Waals surface area contributed by atoms with Crippen molar-refractivity contribution >= 4 is 0 Å². The molecule has 4 N–H and O–H groups in total. The topological polar surface area (TPSA) is 52.0 Å². The van der Waals surface area contributed by atoms with Crippen LogP contribution in [0.15, 0.2) is 0 Å². The molecule has 0 spiro atoms. The van der Waals surface area contributed by atoms with Gasteiger partial charge >= 0.3 is 0 Å². The van der Waals surface area contributed by atoms with Gasteiger partial charge in [0.2, 0.25) is 0 Å². The Hall–Kier alpha value is -0.120. The first-order valence-corrected chi connectivity index (χ1v) is 4.05. The third-order valence-corrected chi connectivity index (χ3v) is 0.800. The molecule has 0 atom stereocenters. The number of hydrogen-bond donors (Lipinski definition) is 2. The number of rotatable bonds is 2. The molecule has 70 valence electrons. The molecule has 0 radical (unpaired) electrons. The molecule has 0 fully saturated rings. The Morgan fingerprint density at radius 1 is 1.18 bits per heavy atom. The summed E-state index contributed by atoms with van der Waals surface area (Å²) in [6.07, 6.45) is 0. The highest BCUT2D eigenvalue weighted by Crippen LogP contribution is 1.83. The Morgan fingerprint density at radius 2 is 1.45 bits per heavy atom. The third-order valence-electron chi connectivity index (χ3n) is 0.800. The van der Waals surface area contributed by atoms with Crippen molar-refractivity contribution in [2.24, 2.45) is 11.5 Å². The predicted octanol–water partition coefficient (Wildman–Crippen LogP) is 0.00480. The van der Waals surface area contributed by atoms with Gasteiger partial charge in [0.1, 0.15) is 0 Å². The van der Waals surface area contributed by atoms with Crippen molar-refractivity contribution in [2.45, 2.75) is 19.9 Å². The monoisotopic (exact) mass is 162 g/mol. The van der Waals surface area contributed by atoms with Gasteiger partial charge in [0.05, 0.1) is 27.7 Å². The lowest BCUT2D eigenvalue weighted by atomic mass is 10.5. The second kappa shape index (κ2) is 6.58. The Kier molecular flexibility index (Phi) is 8.06. The van der Waals surface area contributed by atoms with Crippen molar-refractivity contribution in [3.05, 3.63) is 0 Å². The van der Waals surface area contributed by atoms with Crippen LogP contribution in [-0.2, 0) is 0 Å². The molecule has 11 heavy (non-hydrogen) atoms. The highest BCUT2D eigenvalue weighted by atomic mass is 15.3. The van der Waals surface area contributed by atoms with Crippen molar-refractivity contribution in [3.8, 4) is 0 Å². The van der Waals surface area contributed by atoms with E-state index >= 15 is 0 Å². The number of quaternary nitrogens is 1. The first-order valence-electron chi connectivity index (χ1n) is 4.05. The van der Waals surface area contributed by atoms with E-state index in [1.54, 1.807) is 0 Å². The summed E-state index contributed by atoms with van der Waals surface area (Å²) < 4.78 is 0.969. The van der Waals surface area contributed by atoms with Crippen LogP contribution in [0.2, 0.25) is 0 Å². The SMILES string of the molecule is CC(C)N.C[N+](C)(C)CCN. The minimum absolute atomic E-state index is 0.333. The largest absolute Gasteiger partial charge is 0.330 e. The van der Waals surface area contributed by atoms with Crippen molar-refractivity contribution in [1.29, 1.82) is 0 Å². The van der Waals surface area contributed by atoms with Gasteiger partial charge in [-0.3, -0.25) is 0 Å².